The first-order chi connectivity index (χ1) is 17.3. The molecule has 0 spiro atoms. The summed E-state index contributed by atoms with van der Waals surface area (Å²) >= 11 is 0. The second-order valence-electron chi connectivity index (χ2n) is 7.23. The molecule has 0 radical (unpaired) electrons. The van der Waals surface area contributed by atoms with Gasteiger partial charge in [-0.15, -0.1) is 0 Å². The third kappa shape index (κ3) is 6.36. The normalized spacial score (nSPS) is 11.2. The SMILES string of the molecule is CCOc1ccc(N(CC(=O)N/N=C\c2ccc(OC)c([N+](=O)[O-])c2)S(=O)(=O)c2ccccc2)cc1. The third-order valence-electron chi connectivity index (χ3n) is 4.86. The van der Waals surface area contributed by atoms with Crippen LogP contribution in [-0.2, 0) is 14.8 Å². The van der Waals surface area contributed by atoms with Crippen LogP contribution in [0.3, 0.4) is 0 Å². The zero-order chi connectivity index (χ0) is 26.1. The number of carbonyl (C=O) groups excluding carboxylic acids is 1. The van der Waals surface area contributed by atoms with E-state index in [9.17, 15) is 23.3 Å². The van der Waals surface area contributed by atoms with Gasteiger partial charge in [0.25, 0.3) is 15.9 Å². The number of carbonyl (C=O) groups is 1. The Bertz CT molecular complexity index is 1340. The van der Waals surface area contributed by atoms with Gasteiger partial charge in [0.1, 0.15) is 12.3 Å². The highest BCUT2D eigenvalue weighted by atomic mass is 32.2. The molecule has 1 amide bonds. The first-order valence-electron chi connectivity index (χ1n) is 10.7. The maximum Gasteiger partial charge on any atom is 0.311 e. The van der Waals surface area contributed by atoms with Crippen LogP contribution in [0.4, 0.5) is 11.4 Å². The number of nitrogens with one attached hydrogen (secondary N) is 1. The van der Waals surface area contributed by atoms with Crippen molar-refractivity contribution in [3.8, 4) is 11.5 Å². The summed E-state index contributed by atoms with van der Waals surface area (Å²) in [6, 6.07) is 18.2. The number of anilines is 1. The molecule has 0 aliphatic rings. The van der Waals surface area contributed by atoms with Gasteiger partial charge in [-0.1, -0.05) is 18.2 Å². The lowest BCUT2D eigenvalue weighted by atomic mass is 10.2. The highest BCUT2D eigenvalue weighted by Gasteiger charge is 2.27. The predicted molar refractivity (Wildman–Crippen MR) is 134 cm³/mol. The lowest BCUT2D eigenvalue weighted by Gasteiger charge is -2.24. The van der Waals surface area contributed by atoms with E-state index >= 15 is 0 Å². The van der Waals surface area contributed by atoms with Crippen LogP contribution >= 0.6 is 0 Å². The van der Waals surface area contributed by atoms with Crippen molar-refractivity contribution in [2.45, 2.75) is 11.8 Å². The van der Waals surface area contributed by atoms with Crippen LogP contribution in [0.5, 0.6) is 11.5 Å². The van der Waals surface area contributed by atoms with Crippen molar-refractivity contribution in [3.63, 3.8) is 0 Å². The monoisotopic (exact) mass is 512 g/mol. The van der Waals surface area contributed by atoms with E-state index in [1.165, 1.54) is 43.7 Å². The number of nitro benzene ring substituents is 1. The van der Waals surface area contributed by atoms with E-state index in [-0.39, 0.29) is 22.0 Å². The van der Waals surface area contributed by atoms with E-state index in [1.807, 2.05) is 6.92 Å². The van der Waals surface area contributed by atoms with Gasteiger partial charge in [0.05, 0.1) is 35.4 Å². The van der Waals surface area contributed by atoms with Crippen molar-refractivity contribution < 1.29 is 27.6 Å². The molecular formula is C24H24N4O7S. The fourth-order valence-electron chi connectivity index (χ4n) is 3.18. The number of sulfonamides is 1. The number of hydrazone groups is 1. The molecule has 0 aromatic heterocycles. The van der Waals surface area contributed by atoms with E-state index < -0.39 is 27.4 Å². The van der Waals surface area contributed by atoms with Crippen LogP contribution < -0.4 is 19.2 Å². The highest BCUT2D eigenvalue weighted by Crippen LogP contribution is 2.27. The smallest absolute Gasteiger partial charge is 0.311 e. The minimum Gasteiger partial charge on any atom is -0.494 e. The summed E-state index contributed by atoms with van der Waals surface area (Å²) in [5.74, 6) is -0.0816. The molecule has 0 aliphatic carbocycles. The molecule has 0 atom stereocenters. The first kappa shape index (κ1) is 26.2. The van der Waals surface area contributed by atoms with Gasteiger partial charge in [0.15, 0.2) is 5.75 Å². The van der Waals surface area contributed by atoms with E-state index in [0.717, 1.165) is 4.31 Å². The Morgan fingerprint density at radius 3 is 2.42 bits per heavy atom. The van der Waals surface area contributed by atoms with Crippen LogP contribution in [0, 0.1) is 10.1 Å². The standard InChI is InChI=1S/C24H24N4O7S/c1-3-35-20-12-10-19(11-13-20)27(36(32,33)21-7-5-4-6-8-21)17-24(29)26-25-16-18-9-14-23(34-2)22(15-18)28(30)31/h4-16H,3,17H2,1-2H3,(H,26,29)/b25-16-. The van der Waals surface area contributed by atoms with Crippen LogP contribution in [0.25, 0.3) is 0 Å². The van der Waals surface area contributed by atoms with Crippen molar-refractivity contribution in [1.29, 1.82) is 0 Å². The number of methoxy groups -OCH3 is 1. The average molecular weight is 513 g/mol. The predicted octanol–water partition coefficient (Wildman–Crippen LogP) is 3.35. The Balaban J connectivity index is 1.82. The molecule has 0 heterocycles. The van der Waals surface area contributed by atoms with Crippen LogP contribution in [-0.4, -0.2) is 45.7 Å². The Morgan fingerprint density at radius 2 is 1.81 bits per heavy atom. The minimum absolute atomic E-state index is 0.0146. The van der Waals surface area contributed by atoms with Gasteiger partial charge < -0.3 is 9.47 Å². The zero-order valence-electron chi connectivity index (χ0n) is 19.5. The van der Waals surface area contributed by atoms with Gasteiger partial charge in [-0.2, -0.15) is 5.10 Å². The van der Waals surface area contributed by atoms with Gasteiger partial charge in [-0.25, -0.2) is 13.8 Å². The van der Waals surface area contributed by atoms with Gasteiger partial charge in [-0.05, 0) is 55.5 Å². The van der Waals surface area contributed by atoms with E-state index in [4.69, 9.17) is 9.47 Å². The van der Waals surface area contributed by atoms with E-state index in [2.05, 4.69) is 10.5 Å². The minimum atomic E-state index is -4.08. The second kappa shape index (κ2) is 11.8. The van der Waals surface area contributed by atoms with Crippen LogP contribution in [0.15, 0.2) is 82.8 Å². The fraction of sp³-hybridized carbons (Fsp3) is 0.167. The second-order valence-corrected chi connectivity index (χ2v) is 9.10. The average Bonchev–Trinajstić information content (AvgIpc) is 2.88. The third-order valence-corrected chi connectivity index (χ3v) is 6.64. The fourth-order valence-corrected chi connectivity index (χ4v) is 4.63. The van der Waals surface area contributed by atoms with Crippen molar-refractivity contribution in [1.82, 2.24) is 5.43 Å². The molecule has 0 saturated heterocycles. The molecule has 12 heteroatoms. The van der Waals surface area contributed by atoms with Gasteiger partial charge in [0, 0.05) is 11.6 Å². The summed E-state index contributed by atoms with van der Waals surface area (Å²) < 4.78 is 38.0. The van der Waals surface area contributed by atoms with Crippen molar-refractivity contribution in [2.75, 3.05) is 24.6 Å². The molecule has 0 fully saturated rings. The maximum absolute atomic E-state index is 13.3. The van der Waals surface area contributed by atoms with Crippen molar-refractivity contribution >= 4 is 33.5 Å². The summed E-state index contributed by atoms with van der Waals surface area (Å²) in [5.41, 5.74) is 2.59. The molecule has 11 nitrogen and oxygen atoms in total. The van der Waals surface area contributed by atoms with Gasteiger partial charge >= 0.3 is 5.69 Å². The molecule has 0 saturated carbocycles. The van der Waals surface area contributed by atoms with E-state index in [1.54, 1.807) is 42.5 Å². The van der Waals surface area contributed by atoms with Crippen LogP contribution in [0.2, 0.25) is 0 Å². The Hall–Kier alpha value is -4.45. The summed E-state index contributed by atoms with van der Waals surface area (Å²) in [6.45, 7) is 1.71. The van der Waals surface area contributed by atoms with Gasteiger partial charge in [0.2, 0.25) is 0 Å². The number of hydrogen-bond donors (Lipinski definition) is 1. The Labute approximate surface area is 208 Å². The zero-order valence-corrected chi connectivity index (χ0v) is 20.3. The molecule has 1 N–H and O–H groups in total. The lowest BCUT2D eigenvalue weighted by molar-refractivity contribution is -0.385. The first-order valence-corrected chi connectivity index (χ1v) is 12.1. The van der Waals surface area contributed by atoms with Crippen molar-refractivity contribution in [2.24, 2.45) is 5.10 Å². The number of nitrogens with zero attached hydrogens (tertiary/aromatic N) is 3. The molecular weight excluding hydrogens is 488 g/mol. The number of ether oxygens (including phenoxy) is 2. The molecule has 0 unspecified atom stereocenters. The summed E-state index contributed by atoms with van der Waals surface area (Å²) in [5, 5.41) is 15.0. The molecule has 0 bridgehead atoms. The number of rotatable bonds is 11. The molecule has 3 aromatic carbocycles. The van der Waals surface area contributed by atoms with E-state index in [0.29, 0.717) is 17.9 Å². The topological polar surface area (TPSA) is 140 Å². The molecule has 188 valence electrons. The summed E-state index contributed by atoms with van der Waals surface area (Å²) in [7, 11) is -2.77. The molecule has 36 heavy (non-hydrogen) atoms. The number of hydrogen-bond acceptors (Lipinski definition) is 8. The summed E-state index contributed by atoms with van der Waals surface area (Å²) in [6.07, 6.45) is 1.21. The quantitative estimate of drug-likeness (QED) is 0.236. The molecule has 0 aliphatic heterocycles. The van der Waals surface area contributed by atoms with Gasteiger partial charge in [-0.3, -0.25) is 19.2 Å². The number of nitro groups is 1. The molecule has 3 rings (SSSR count). The molecule has 3 aromatic rings. The largest absolute Gasteiger partial charge is 0.494 e. The lowest BCUT2D eigenvalue weighted by Crippen LogP contribution is -2.39. The highest BCUT2D eigenvalue weighted by molar-refractivity contribution is 7.92. The Morgan fingerprint density at radius 1 is 1.11 bits per heavy atom. The van der Waals surface area contributed by atoms with Crippen molar-refractivity contribution in [3.05, 3.63) is 88.5 Å². The number of amides is 1. The Kier molecular flexibility index (Phi) is 8.57. The van der Waals surface area contributed by atoms with Crippen LogP contribution in [0.1, 0.15) is 12.5 Å². The number of benzene rings is 3. The summed E-state index contributed by atoms with van der Waals surface area (Å²) in [4.78, 5) is 23.3. The maximum atomic E-state index is 13.3.